The predicted octanol–water partition coefficient (Wildman–Crippen LogP) is 7.09. The third-order valence-corrected chi connectivity index (χ3v) is 4.12. The minimum absolute atomic E-state index is 0.142. The van der Waals surface area contributed by atoms with Crippen LogP contribution in [0.15, 0.2) is 0 Å². The Bertz CT molecular complexity index is 627. The molecule has 1 aromatic rings. The van der Waals surface area contributed by atoms with E-state index >= 15 is 0 Å². The maximum absolute atomic E-state index is 13.8. The van der Waals surface area contributed by atoms with Crippen molar-refractivity contribution < 1.29 is 43.9 Å². The van der Waals surface area contributed by atoms with Gasteiger partial charge in [-0.1, -0.05) is 45.4 Å². The van der Waals surface area contributed by atoms with Crippen LogP contribution in [-0.4, -0.2) is 18.8 Å². The molecule has 0 unspecified atom stereocenters. The normalized spacial score (nSPS) is 12.5. The first-order valence-corrected chi connectivity index (χ1v) is 8.61. The van der Waals surface area contributed by atoms with Crippen molar-refractivity contribution in [2.45, 2.75) is 64.1 Å². The topological polar surface area (TPSA) is 3.24 Å². The van der Waals surface area contributed by atoms with Crippen LogP contribution in [0.25, 0.3) is 0 Å². The quantitative estimate of drug-likeness (QED) is 0.127. The van der Waals surface area contributed by atoms with Crippen LogP contribution in [0.2, 0.25) is 0 Å². The van der Waals surface area contributed by atoms with E-state index in [1.54, 1.807) is 0 Å². The summed E-state index contributed by atoms with van der Waals surface area (Å²) in [4.78, 5) is -1.10. The lowest BCUT2D eigenvalue weighted by molar-refractivity contribution is -0.281. The van der Waals surface area contributed by atoms with Crippen LogP contribution >= 0.6 is 0 Å². The second-order valence-corrected chi connectivity index (χ2v) is 6.23. The van der Waals surface area contributed by atoms with Gasteiger partial charge in [-0.05, 0) is 6.42 Å². The number of unbranched alkanes of at least 4 members (excludes halogenated alkanes) is 6. The van der Waals surface area contributed by atoms with Crippen molar-refractivity contribution >= 4 is 5.69 Å². The zero-order valence-electron chi connectivity index (χ0n) is 14.9. The molecule has 0 atom stereocenters. The molecule has 0 bridgehead atoms. The van der Waals surface area contributed by atoms with Gasteiger partial charge in [-0.2, -0.15) is 22.0 Å². The van der Waals surface area contributed by atoms with Gasteiger partial charge in [-0.25, -0.2) is 22.0 Å². The Kier molecular flexibility index (Phi) is 8.43. The average molecular weight is 427 g/mol. The molecule has 0 spiro atoms. The zero-order chi connectivity index (χ0) is 21.7. The molecule has 28 heavy (non-hydrogen) atoms. The minimum atomic E-state index is -6.30. The summed E-state index contributed by atoms with van der Waals surface area (Å²) in [7, 11) is 0. The Balaban J connectivity index is 3.18. The van der Waals surface area contributed by atoms with Crippen LogP contribution in [0.1, 0.15) is 51.9 Å². The first-order chi connectivity index (χ1) is 12.9. The molecule has 0 aromatic heterocycles. The van der Waals surface area contributed by atoms with Gasteiger partial charge in [0.05, 0.1) is 0 Å². The summed E-state index contributed by atoms with van der Waals surface area (Å²) in [5, 5.41) is 0. The van der Waals surface area contributed by atoms with Crippen molar-refractivity contribution in [3.63, 3.8) is 0 Å². The molecule has 0 aliphatic heterocycles. The number of alkyl halides is 5. The smallest absolute Gasteiger partial charge is 0.300 e. The molecule has 0 saturated carbocycles. The van der Waals surface area contributed by atoms with Crippen LogP contribution in [0.3, 0.4) is 0 Å². The second-order valence-electron chi connectivity index (χ2n) is 6.23. The standard InChI is InChI=1S/C17H19F10N/c1-2-3-4-5-6-7-8-9-28(17(26,27)16(23,24)25)15-13(21)11(19)10(18)12(20)14(15)22/h2-9H2,1H3. The van der Waals surface area contributed by atoms with Gasteiger partial charge in [-0.3, -0.25) is 0 Å². The van der Waals surface area contributed by atoms with Crippen LogP contribution in [0.5, 0.6) is 0 Å². The van der Waals surface area contributed by atoms with E-state index < -0.39 is 58.4 Å². The lowest BCUT2D eigenvalue weighted by atomic mass is 10.1. The monoisotopic (exact) mass is 427 g/mol. The molecule has 11 heteroatoms. The molecule has 1 rings (SSSR count). The number of rotatable bonds is 10. The van der Waals surface area contributed by atoms with E-state index in [4.69, 9.17) is 0 Å². The zero-order valence-corrected chi connectivity index (χ0v) is 14.9. The lowest BCUT2D eigenvalue weighted by Gasteiger charge is -2.34. The van der Waals surface area contributed by atoms with Crippen molar-refractivity contribution in [2.75, 3.05) is 11.4 Å². The SMILES string of the molecule is CCCCCCCCCN(c1c(F)c(F)c(F)c(F)c1F)C(F)(F)C(F)(F)F. The lowest BCUT2D eigenvalue weighted by Crippen LogP contribution is -2.54. The number of benzene rings is 1. The first-order valence-electron chi connectivity index (χ1n) is 8.61. The highest BCUT2D eigenvalue weighted by molar-refractivity contribution is 5.52. The molecule has 0 fully saturated rings. The second kappa shape index (κ2) is 9.69. The molecule has 0 heterocycles. The first kappa shape index (κ1) is 24.4. The van der Waals surface area contributed by atoms with Gasteiger partial charge in [-0.15, -0.1) is 0 Å². The fourth-order valence-electron chi connectivity index (χ4n) is 2.60. The summed E-state index contributed by atoms with van der Waals surface area (Å²) in [5.41, 5.74) is -2.30. The summed E-state index contributed by atoms with van der Waals surface area (Å²) in [6.45, 7) is 0.694. The van der Waals surface area contributed by atoms with Crippen molar-refractivity contribution in [3.05, 3.63) is 29.1 Å². The number of halogens is 10. The van der Waals surface area contributed by atoms with Crippen molar-refractivity contribution in [1.82, 2.24) is 0 Å². The highest BCUT2D eigenvalue weighted by Gasteiger charge is 2.63. The van der Waals surface area contributed by atoms with Gasteiger partial charge in [0.25, 0.3) is 0 Å². The Morgan fingerprint density at radius 1 is 0.607 bits per heavy atom. The van der Waals surface area contributed by atoms with Crippen LogP contribution < -0.4 is 4.90 Å². The number of hydrogen-bond donors (Lipinski definition) is 0. The molecule has 162 valence electrons. The summed E-state index contributed by atoms with van der Waals surface area (Å²) in [5.74, 6) is -13.3. The van der Waals surface area contributed by atoms with E-state index in [0.717, 1.165) is 19.3 Å². The van der Waals surface area contributed by atoms with Gasteiger partial charge >= 0.3 is 12.2 Å². The summed E-state index contributed by atoms with van der Waals surface area (Å²) in [6, 6.07) is -5.84. The van der Waals surface area contributed by atoms with Gasteiger partial charge < -0.3 is 4.90 Å². The van der Waals surface area contributed by atoms with E-state index in [1.165, 1.54) is 0 Å². The van der Waals surface area contributed by atoms with Gasteiger partial charge in [0, 0.05) is 6.54 Å². The molecular weight excluding hydrogens is 408 g/mol. The summed E-state index contributed by atoms with van der Waals surface area (Å²) < 4.78 is 133. The summed E-state index contributed by atoms with van der Waals surface area (Å²) >= 11 is 0. The fourth-order valence-corrected chi connectivity index (χ4v) is 2.60. The maximum atomic E-state index is 13.8. The average Bonchev–Trinajstić information content (AvgIpc) is 2.61. The number of hydrogen-bond acceptors (Lipinski definition) is 1. The number of anilines is 1. The molecule has 0 N–H and O–H groups in total. The van der Waals surface area contributed by atoms with Crippen LogP contribution in [0, 0.1) is 29.1 Å². The van der Waals surface area contributed by atoms with E-state index in [2.05, 4.69) is 0 Å². The van der Waals surface area contributed by atoms with E-state index in [0.29, 0.717) is 12.8 Å². The van der Waals surface area contributed by atoms with Crippen molar-refractivity contribution in [2.24, 2.45) is 0 Å². The van der Waals surface area contributed by atoms with Crippen molar-refractivity contribution in [1.29, 1.82) is 0 Å². The molecular formula is C17H19F10N. The van der Waals surface area contributed by atoms with E-state index in [9.17, 15) is 43.9 Å². The molecule has 0 amide bonds. The highest BCUT2D eigenvalue weighted by Crippen LogP contribution is 2.43. The largest absolute Gasteiger partial charge is 0.475 e. The minimum Gasteiger partial charge on any atom is -0.300 e. The molecule has 0 radical (unpaired) electrons. The Morgan fingerprint density at radius 3 is 1.43 bits per heavy atom. The molecule has 1 nitrogen and oxygen atoms in total. The van der Waals surface area contributed by atoms with E-state index in [1.807, 2.05) is 6.92 Å². The Hall–Kier alpha value is -1.68. The summed E-state index contributed by atoms with van der Waals surface area (Å²) in [6.07, 6.45) is -2.74. The predicted molar refractivity (Wildman–Crippen MR) is 82.6 cm³/mol. The van der Waals surface area contributed by atoms with Gasteiger partial charge in [0.1, 0.15) is 5.69 Å². The molecule has 0 aliphatic carbocycles. The van der Waals surface area contributed by atoms with Gasteiger partial charge in [0.2, 0.25) is 5.82 Å². The fraction of sp³-hybridized carbons (Fsp3) is 0.647. The van der Waals surface area contributed by atoms with E-state index in [-0.39, 0.29) is 12.8 Å². The third kappa shape index (κ3) is 5.22. The van der Waals surface area contributed by atoms with Crippen LogP contribution in [-0.2, 0) is 0 Å². The molecule has 0 aliphatic rings. The molecule has 0 saturated heterocycles. The van der Waals surface area contributed by atoms with Crippen molar-refractivity contribution in [3.8, 4) is 0 Å². The van der Waals surface area contributed by atoms with Crippen LogP contribution in [0.4, 0.5) is 49.6 Å². The molecule has 1 aromatic carbocycles. The van der Waals surface area contributed by atoms with Gasteiger partial charge in [0.15, 0.2) is 23.3 Å². The Morgan fingerprint density at radius 2 is 1.00 bits per heavy atom. The number of nitrogens with zero attached hydrogens (tertiary/aromatic N) is 1. The third-order valence-electron chi connectivity index (χ3n) is 4.12. The maximum Gasteiger partial charge on any atom is 0.475 e. The highest BCUT2D eigenvalue weighted by atomic mass is 19.4. The Labute approximate surface area is 155 Å².